The first kappa shape index (κ1) is 16.0. The molecule has 0 aromatic heterocycles. The molecule has 0 radical (unpaired) electrons. The first-order valence-electron chi connectivity index (χ1n) is 6.78. The van der Waals surface area contributed by atoms with E-state index in [1.807, 2.05) is 0 Å². The monoisotopic (exact) mass is 331 g/mol. The quantitative estimate of drug-likeness (QED) is 0.591. The summed E-state index contributed by atoms with van der Waals surface area (Å²) in [6.45, 7) is -0.177. The number of hydrogen-bond donors (Lipinski definition) is 0. The Balaban J connectivity index is 2.06. The lowest BCUT2D eigenvalue weighted by Gasteiger charge is -2.20. The van der Waals surface area contributed by atoms with E-state index in [-0.39, 0.29) is 39.8 Å². The van der Waals surface area contributed by atoms with Crippen LogP contribution in [0.5, 0.6) is 5.75 Å². The molecule has 0 spiro atoms. The number of hydrogen-bond acceptors (Lipinski definition) is 4. The maximum Gasteiger partial charge on any atom is 0.312 e. The molecule has 1 saturated carbocycles. The second-order valence-corrected chi connectivity index (χ2v) is 5.90. The highest BCUT2D eigenvalue weighted by Gasteiger charge is 2.24. The summed E-state index contributed by atoms with van der Waals surface area (Å²) in [5, 5.41) is 11.2. The van der Waals surface area contributed by atoms with Gasteiger partial charge in [0.15, 0.2) is 11.5 Å². The predicted octanol–water partition coefficient (Wildman–Crippen LogP) is 4.43. The molecule has 5 nitrogen and oxygen atoms in total. The molecule has 0 atom stereocenters. The molecule has 114 valence electrons. The second kappa shape index (κ2) is 7.09. The van der Waals surface area contributed by atoms with Crippen molar-refractivity contribution in [1.29, 1.82) is 0 Å². The van der Waals surface area contributed by atoms with Crippen molar-refractivity contribution in [2.45, 2.75) is 32.1 Å². The maximum atomic E-state index is 12.1. The third kappa shape index (κ3) is 4.08. The molecule has 0 N–H and O–H groups in total. The molecule has 2 rings (SSSR count). The lowest BCUT2D eigenvalue weighted by Crippen LogP contribution is -2.23. The van der Waals surface area contributed by atoms with Crippen LogP contribution in [-0.4, -0.2) is 17.3 Å². The lowest BCUT2D eigenvalue weighted by molar-refractivity contribution is -0.385. The normalized spacial score (nSPS) is 15.7. The third-order valence-corrected chi connectivity index (χ3v) is 4.35. The zero-order chi connectivity index (χ0) is 15.4. The van der Waals surface area contributed by atoms with Crippen LogP contribution >= 0.6 is 23.2 Å². The van der Waals surface area contributed by atoms with E-state index in [4.69, 9.17) is 27.9 Å². The molecule has 1 aromatic carbocycles. The van der Waals surface area contributed by atoms with Crippen molar-refractivity contribution >= 4 is 34.7 Å². The van der Waals surface area contributed by atoms with Crippen LogP contribution in [0.2, 0.25) is 10.0 Å². The van der Waals surface area contributed by atoms with E-state index in [1.165, 1.54) is 6.07 Å². The van der Waals surface area contributed by atoms with Gasteiger partial charge in [-0.15, -0.1) is 0 Å². The van der Waals surface area contributed by atoms with Gasteiger partial charge in [-0.1, -0.05) is 42.5 Å². The average Bonchev–Trinajstić information content (AvgIpc) is 2.48. The fourth-order valence-electron chi connectivity index (χ4n) is 2.47. The molecule has 0 amide bonds. The number of benzene rings is 1. The molecule has 7 heteroatoms. The summed E-state index contributed by atoms with van der Waals surface area (Å²) in [6.07, 6.45) is 4.98. The molecule has 0 bridgehead atoms. The number of Topliss-reactive ketones (excluding diaryl/α,β-unsaturated/α-hetero) is 1. The Labute approximate surface area is 132 Å². The summed E-state index contributed by atoms with van der Waals surface area (Å²) >= 11 is 11.6. The van der Waals surface area contributed by atoms with E-state index < -0.39 is 4.92 Å². The molecule has 0 unspecified atom stereocenters. The summed E-state index contributed by atoms with van der Waals surface area (Å²) in [5.41, 5.74) is -0.291. The number of ether oxygens (including phenoxy) is 1. The van der Waals surface area contributed by atoms with Crippen molar-refractivity contribution in [2.75, 3.05) is 6.61 Å². The summed E-state index contributed by atoms with van der Waals surface area (Å²) in [4.78, 5) is 22.4. The van der Waals surface area contributed by atoms with Gasteiger partial charge in [0.25, 0.3) is 0 Å². The number of nitro groups is 1. The van der Waals surface area contributed by atoms with Crippen molar-refractivity contribution < 1.29 is 14.5 Å². The molecule has 1 aromatic rings. The van der Waals surface area contributed by atoms with Crippen molar-refractivity contribution in [3.8, 4) is 5.75 Å². The van der Waals surface area contributed by atoms with Gasteiger partial charge in [0.1, 0.15) is 6.61 Å². The second-order valence-electron chi connectivity index (χ2n) is 5.08. The van der Waals surface area contributed by atoms with Gasteiger partial charge in [-0.3, -0.25) is 14.9 Å². The molecule has 21 heavy (non-hydrogen) atoms. The Kier molecular flexibility index (Phi) is 5.42. The fraction of sp³-hybridized carbons (Fsp3) is 0.500. The van der Waals surface area contributed by atoms with Crippen molar-refractivity contribution in [3.05, 3.63) is 32.3 Å². The Morgan fingerprint density at radius 2 is 1.86 bits per heavy atom. The van der Waals surface area contributed by atoms with Crippen LogP contribution in [0.3, 0.4) is 0 Å². The zero-order valence-electron chi connectivity index (χ0n) is 11.3. The standard InChI is InChI=1S/C14H15Cl2NO4/c15-10-6-12(17(19)20)14(7-11(10)16)21-8-13(18)9-4-2-1-3-5-9/h6-7,9H,1-5,8H2. The highest BCUT2D eigenvalue weighted by molar-refractivity contribution is 6.42. The molecule has 0 aliphatic heterocycles. The molecular formula is C14H15Cl2NO4. The smallest absolute Gasteiger partial charge is 0.312 e. The van der Waals surface area contributed by atoms with Crippen LogP contribution < -0.4 is 4.74 Å². The maximum absolute atomic E-state index is 12.1. The minimum Gasteiger partial charge on any atom is -0.479 e. The van der Waals surface area contributed by atoms with Crippen LogP contribution in [0, 0.1) is 16.0 Å². The van der Waals surface area contributed by atoms with Crippen LogP contribution in [0.4, 0.5) is 5.69 Å². The number of nitrogens with zero attached hydrogens (tertiary/aromatic N) is 1. The van der Waals surface area contributed by atoms with E-state index in [2.05, 4.69) is 0 Å². The Morgan fingerprint density at radius 1 is 1.24 bits per heavy atom. The summed E-state index contributed by atoms with van der Waals surface area (Å²) in [6, 6.07) is 2.40. The van der Waals surface area contributed by atoms with Crippen molar-refractivity contribution in [3.63, 3.8) is 0 Å². The first-order chi connectivity index (χ1) is 9.99. The van der Waals surface area contributed by atoms with Gasteiger partial charge in [-0.25, -0.2) is 0 Å². The lowest BCUT2D eigenvalue weighted by atomic mass is 9.86. The Morgan fingerprint density at radius 3 is 2.48 bits per heavy atom. The van der Waals surface area contributed by atoms with E-state index in [0.29, 0.717) is 0 Å². The number of halogens is 2. The molecule has 0 heterocycles. The van der Waals surface area contributed by atoms with Gasteiger partial charge in [-0.2, -0.15) is 0 Å². The summed E-state index contributed by atoms with van der Waals surface area (Å²) in [7, 11) is 0. The number of carbonyl (C=O) groups excluding carboxylic acids is 1. The van der Waals surface area contributed by atoms with Gasteiger partial charge < -0.3 is 4.74 Å². The average molecular weight is 332 g/mol. The molecular weight excluding hydrogens is 317 g/mol. The minimum absolute atomic E-state index is 0.000535. The van der Waals surface area contributed by atoms with E-state index >= 15 is 0 Å². The topological polar surface area (TPSA) is 69.4 Å². The number of rotatable bonds is 5. The predicted molar refractivity (Wildman–Crippen MR) is 80.2 cm³/mol. The van der Waals surface area contributed by atoms with Gasteiger partial charge >= 0.3 is 5.69 Å². The van der Waals surface area contributed by atoms with Crippen LogP contribution in [0.15, 0.2) is 12.1 Å². The molecule has 1 aliphatic carbocycles. The molecule has 1 aliphatic rings. The summed E-state index contributed by atoms with van der Waals surface area (Å²) < 4.78 is 5.31. The number of nitro benzene ring substituents is 1. The van der Waals surface area contributed by atoms with Crippen LogP contribution in [0.1, 0.15) is 32.1 Å². The molecule has 1 fully saturated rings. The van der Waals surface area contributed by atoms with E-state index in [9.17, 15) is 14.9 Å². The Hall–Kier alpha value is -1.33. The van der Waals surface area contributed by atoms with Gasteiger partial charge in [-0.05, 0) is 12.8 Å². The largest absolute Gasteiger partial charge is 0.479 e. The number of ketones is 1. The SMILES string of the molecule is O=C(COc1cc(Cl)c(Cl)cc1[N+](=O)[O-])C1CCCCC1. The third-order valence-electron chi connectivity index (χ3n) is 3.63. The van der Waals surface area contributed by atoms with Crippen molar-refractivity contribution in [2.24, 2.45) is 5.92 Å². The van der Waals surface area contributed by atoms with E-state index in [0.717, 1.165) is 38.2 Å². The first-order valence-corrected chi connectivity index (χ1v) is 7.53. The van der Waals surface area contributed by atoms with Gasteiger partial charge in [0.2, 0.25) is 0 Å². The number of carbonyl (C=O) groups is 1. The minimum atomic E-state index is -0.609. The van der Waals surface area contributed by atoms with Crippen LogP contribution in [0.25, 0.3) is 0 Å². The fourth-order valence-corrected chi connectivity index (χ4v) is 2.78. The molecule has 0 saturated heterocycles. The van der Waals surface area contributed by atoms with Gasteiger partial charge in [0, 0.05) is 18.1 Å². The Bertz CT molecular complexity index is 556. The van der Waals surface area contributed by atoms with E-state index in [1.54, 1.807) is 0 Å². The van der Waals surface area contributed by atoms with Crippen molar-refractivity contribution in [1.82, 2.24) is 0 Å². The van der Waals surface area contributed by atoms with Gasteiger partial charge in [0.05, 0.1) is 15.0 Å². The van der Waals surface area contributed by atoms with Crippen LogP contribution in [-0.2, 0) is 4.79 Å². The highest BCUT2D eigenvalue weighted by atomic mass is 35.5. The zero-order valence-corrected chi connectivity index (χ0v) is 12.8. The summed E-state index contributed by atoms with van der Waals surface area (Å²) in [5.74, 6) is -0.0470. The highest BCUT2D eigenvalue weighted by Crippen LogP contribution is 2.36.